The highest BCUT2D eigenvalue weighted by Gasteiger charge is 2.17. The quantitative estimate of drug-likeness (QED) is 0.634. The van der Waals surface area contributed by atoms with E-state index in [-0.39, 0.29) is 5.82 Å². The maximum atomic E-state index is 12.9. The van der Waals surface area contributed by atoms with Gasteiger partial charge in [-0.3, -0.25) is 4.79 Å². The largest absolute Gasteiger partial charge is 0.369 e. The molecule has 8 heteroatoms. The van der Waals surface area contributed by atoms with Crippen molar-refractivity contribution < 1.29 is 9.18 Å². The Balaban J connectivity index is 1.71. The zero-order chi connectivity index (χ0) is 16.2. The number of H-pyrrole nitrogens is 1. The van der Waals surface area contributed by atoms with E-state index in [9.17, 15) is 9.18 Å². The first kappa shape index (κ1) is 14.9. The molecule has 0 aliphatic heterocycles. The van der Waals surface area contributed by atoms with Gasteiger partial charge in [-0.2, -0.15) is 0 Å². The van der Waals surface area contributed by atoms with Crippen LogP contribution in [0.5, 0.6) is 0 Å². The molecule has 0 bridgehead atoms. The van der Waals surface area contributed by atoms with Crippen LogP contribution in [-0.2, 0) is 11.2 Å². The fourth-order valence-electron chi connectivity index (χ4n) is 2.30. The van der Waals surface area contributed by atoms with Gasteiger partial charge >= 0.3 is 0 Å². The summed E-state index contributed by atoms with van der Waals surface area (Å²) in [5.41, 5.74) is 7.51. The number of carbonyl (C=O) groups excluding carboxylic acids is 1. The average molecular weight is 314 g/mol. The Morgan fingerprint density at radius 3 is 2.78 bits per heavy atom. The second-order valence-electron chi connectivity index (χ2n) is 5.13. The summed E-state index contributed by atoms with van der Waals surface area (Å²) in [6, 6.07) is 6.00. The number of hydrogen-bond donors (Lipinski definition) is 3. The van der Waals surface area contributed by atoms with Crippen molar-refractivity contribution >= 4 is 22.9 Å². The molecule has 0 saturated heterocycles. The van der Waals surface area contributed by atoms with Crippen molar-refractivity contribution in [3.8, 4) is 0 Å². The number of halogens is 1. The number of amides is 1. The van der Waals surface area contributed by atoms with Gasteiger partial charge in [0.05, 0.1) is 12.2 Å². The van der Waals surface area contributed by atoms with Gasteiger partial charge in [-0.1, -0.05) is 12.1 Å². The molecule has 0 fully saturated rings. The highest BCUT2D eigenvalue weighted by molar-refractivity contribution is 5.82. The molecule has 2 aromatic heterocycles. The maximum absolute atomic E-state index is 12.9. The third kappa shape index (κ3) is 3.42. The molecule has 118 valence electrons. The summed E-state index contributed by atoms with van der Waals surface area (Å²) >= 11 is 0. The van der Waals surface area contributed by atoms with Crippen LogP contribution >= 0.6 is 0 Å². The molecule has 0 saturated carbocycles. The van der Waals surface area contributed by atoms with Crippen molar-refractivity contribution in [3.63, 3.8) is 0 Å². The van der Waals surface area contributed by atoms with Gasteiger partial charge in [0, 0.05) is 6.54 Å². The van der Waals surface area contributed by atoms with Gasteiger partial charge in [0.15, 0.2) is 11.5 Å². The lowest BCUT2D eigenvalue weighted by atomic mass is 9.98. The van der Waals surface area contributed by atoms with E-state index in [0.717, 1.165) is 5.56 Å². The van der Waals surface area contributed by atoms with Gasteiger partial charge in [-0.15, -0.1) is 0 Å². The predicted octanol–water partition coefficient (Wildman–Crippen LogP) is 1.25. The monoisotopic (exact) mass is 314 g/mol. The molecule has 0 radical (unpaired) electrons. The summed E-state index contributed by atoms with van der Waals surface area (Å²) < 4.78 is 12.9. The van der Waals surface area contributed by atoms with Crippen molar-refractivity contribution in [1.82, 2.24) is 19.9 Å². The highest BCUT2D eigenvalue weighted by Crippen LogP contribution is 2.16. The van der Waals surface area contributed by atoms with Crippen LogP contribution in [0.25, 0.3) is 11.2 Å². The summed E-state index contributed by atoms with van der Waals surface area (Å²) in [7, 11) is 0. The van der Waals surface area contributed by atoms with Crippen LogP contribution in [-0.4, -0.2) is 32.4 Å². The number of nitrogens with one attached hydrogen (secondary N) is 2. The van der Waals surface area contributed by atoms with Gasteiger partial charge in [-0.05, 0) is 24.1 Å². The molecule has 0 aliphatic carbocycles. The number of aromatic nitrogens is 4. The molecule has 3 aromatic rings. The first-order valence-corrected chi connectivity index (χ1v) is 7.05. The zero-order valence-electron chi connectivity index (χ0n) is 12.2. The Kier molecular flexibility index (Phi) is 4.13. The number of fused-ring (bicyclic) bond motifs is 1. The van der Waals surface area contributed by atoms with Crippen LogP contribution in [0.1, 0.15) is 5.56 Å². The molecule has 0 unspecified atom stereocenters. The summed E-state index contributed by atoms with van der Waals surface area (Å²) in [5, 5.41) is 3.09. The second-order valence-corrected chi connectivity index (χ2v) is 5.13. The molecular weight excluding hydrogens is 299 g/mol. The smallest absolute Gasteiger partial charge is 0.222 e. The molecule has 2 heterocycles. The normalized spacial score (nSPS) is 12.2. The first-order chi connectivity index (χ1) is 11.1. The van der Waals surface area contributed by atoms with E-state index in [1.54, 1.807) is 12.1 Å². The molecule has 4 N–H and O–H groups in total. The Morgan fingerprint density at radius 1 is 1.26 bits per heavy atom. The van der Waals surface area contributed by atoms with Crippen molar-refractivity contribution in [2.45, 2.75) is 6.42 Å². The Bertz CT molecular complexity index is 816. The van der Waals surface area contributed by atoms with E-state index in [1.165, 1.54) is 24.8 Å². The van der Waals surface area contributed by atoms with Crippen molar-refractivity contribution in [3.05, 3.63) is 48.3 Å². The number of carbonyl (C=O) groups is 1. The lowest BCUT2D eigenvalue weighted by Gasteiger charge is -2.15. The molecular formula is C15H15FN6O. The molecule has 7 nitrogen and oxygen atoms in total. The summed E-state index contributed by atoms with van der Waals surface area (Å²) in [5.74, 6) is -0.645. The van der Waals surface area contributed by atoms with Crippen LogP contribution in [0.3, 0.4) is 0 Å². The van der Waals surface area contributed by atoms with Crippen molar-refractivity contribution in [1.29, 1.82) is 0 Å². The van der Waals surface area contributed by atoms with E-state index in [1.807, 2.05) is 0 Å². The maximum Gasteiger partial charge on any atom is 0.222 e. The van der Waals surface area contributed by atoms with Crippen LogP contribution in [0.15, 0.2) is 36.9 Å². The number of nitrogens with zero attached hydrogens (tertiary/aromatic N) is 3. The molecule has 0 aliphatic rings. The molecule has 23 heavy (non-hydrogen) atoms. The number of primary amides is 1. The number of aromatic amines is 1. The SMILES string of the molecule is NC(=O)[C@@H](CNc1ncnc2nc[nH]c12)Cc1ccc(F)cc1. The van der Waals surface area contributed by atoms with E-state index in [4.69, 9.17) is 5.73 Å². The topological polar surface area (TPSA) is 110 Å². The van der Waals surface area contributed by atoms with Crippen molar-refractivity contribution in [2.75, 3.05) is 11.9 Å². The summed E-state index contributed by atoms with van der Waals surface area (Å²) in [6.45, 7) is 0.303. The number of nitrogens with two attached hydrogens (primary N) is 1. The summed E-state index contributed by atoms with van der Waals surface area (Å²) in [4.78, 5) is 26.8. The van der Waals surface area contributed by atoms with Gasteiger partial charge in [-0.25, -0.2) is 19.3 Å². The fraction of sp³-hybridized carbons (Fsp3) is 0.200. The van der Waals surface area contributed by atoms with E-state index in [0.29, 0.717) is 29.9 Å². The number of anilines is 1. The van der Waals surface area contributed by atoms with E-state index in [2.05, 4.69) is 25.3 Å². The minimum absolute atomic E-state index is 0.303. The van der Waals surface area contributed by atoms with Crippen LogP contribution < -0.4 is 11.1 Å². The number of hydrogen-bond acceptors (Lipinski definition) is 5. The Hall–Kier alpha value is -3.03. The average Bonchev–Trinajstić information content (AvgIpc) is 3.02. The van der Waals surface area contributed by atoms with Gasteiger partial charge in [0.25, 0.3) is 0 Å². The number of rotatable bonds is 6. The first-order valence-electron chi connectivity index (χ1n) is 7.05. The van der Waals surface area contributed by atoms with Gasteiger partial charge < -0.3 is 16.0 Å². The molecule has 3 rings (SSSR count). The zero-order valence-corrected chi connectivity index (χ0v) is 12.2. The Morgan fingerprint density at radius 2 is 2.04 bits per heavy atom. The number of imidazole rings is 1. The second kappa shape index (κ2) is 6.39. The summed E-state index contributed by atoms with van der Waals surface area (Å²) in [6.07, 6.45) is 3.33. The van der Waals surface area contributed by atoms with Gasteiger partial charge in [0.1, 0.15) is 17.7 Å². The molecule has 1 aromatic carbocycles. The van der Waals surface area contributed by atoms with Crippen LogP contribution in [0.4, 0.5) is 10.2 Å². The van der Waals surface area contributed by atoms with Gasteiger partial charge in [0.2, 0.25) is 5.91 Å². The third-order valence-electron chi connectivity index (χ3n) is 3.54. The highest BCUT2D eigenvalue weighted by atomic mass is 19.1. The molecule has 1 amide bonds. The minimum Gasteiger partial charge on any atom is -0.369 e. The third-order valence-corrected chi connectivity index (χ3v) is 3.54. The molecule has 0 spiro atoms. The van der Waals surface area contributed by atoms with E-state index < -0.39 is 11.8 Å². The van der Waals surface area contributed by atoms with Crippen LogP contribution in [0, 0.1) is 11.7 Å². The number of benzene rings is 1. The van der Waals surface area contributed by atoms with E-state index >= 15 is 0 Å². The van der Waals surface area contributed by atoms with Crippen LogP contribution in [0.2, 0.25) is 0 Å². The molecule has 1 atom stereocenters. The standard InChI is InChI=1S/C15H15FN6O/c16-11-3-1-9(2-4-11)5-10(13(17)23)6-18-14-12-15(20-7-19-12)22-8-21-14/h1-4,7-8,10H,5-6H2,(H2,17,23)(H2,18,19,20,21,22)/t10-/m1/s1. The lowest BCUT2D eigenvalue weighted by Crippen LogP contribution is -2.31. The van der Waals surface area contributed by atoms with Crippen molar-refractivity contribution in [2.24, 2.45) is 11.7 Å². The lowest BCUT2D eigenvalue weighted by molar-refractivity contribution is -0.121. The minimum atomic E-state index is -0.451. The Labute approximate surface area is 131 Å². The fourth-order valence-corrected chi connectivity index (χ4v) is 2.30. The predicted molar refractivity (Wildman–Crippen MR) is 83.0 cm³/mol.